The number of hydrogen-bond donors (Lipinski definition) is 2. The highest BCUT2D eigenvalue weighted by Crippen LogP contribution is 2.42. The van der Waals surface area contributed by atoms with Crippen molar-refractivity contribution >= 4 is 63.5 Å². The fourth-order valence-electron chi connectivity index (χ4n) is 3.55. The van der Waals surface area contributed by atoms with Crippen LogP contribution in [0.4, 0.5) is 26.3 Å². The molecule has 0 aliphatic carbocycles. The maximum Gasteiger partial charge on any atom is 0.416 e. The Balaban J connectivity index is 1.77. The van der Waals surface area contributed by atoms with E-state index < -0.39 is 41.3 Å². The Bertz CT molecular complexity index is 1300. The number of halogens is 6. The first-order valence-corrected chi connectivity index (χ1v) is 13.3. The molecule has 39 heavy (non-hydrogen) atoms. The molecular formula is C24H20F6N2O4S3. The Labute approximate surface area is 232 Å². The molecule has 1 aromatic heterocycles. The number of carboxylic acids is 1. The fraction of sp³-hybridized carbons (Fsp3) is 0.333. The SMILES string of the molecule is Cc1c(-c2cc(C(F)(F)F)cc(C(F)(F)F)c2)csc1/C=C1\SC(=S)N(CCC(=O)NCCCC(=O)O)C1=O. The highest BCUT2D eigenvalue weighted by Gasteiger charge is 2.37. The summed E-state index contributed by atoms with van der Waals surface area (Å²) in [5.74, 6) is -1.87. The molecule has 1 aliphatic heterocycles. The first-order chi connectivity index (χ1) is 18.1. The van der Waals surface area contributed by atoms with Gasteiger partial charge in [-0.2, -0.15) is 26.3 Å². The van der Waals surface area contributed by atoms with Gasteiger partial charge in [-0.15, -0.1) is 11.3 Å². The van der Waals surface area contributed by atoms with Crippen molar-refractivity contribution in [2.45, 2.75) is 38.5 Å². The molecule has 0 atom stereocenters. The van der Waals surface area contributed by atoms with Crippen LogP contribution in [-0.4, -0.2) is 45.2 Å². The van der Waals surface area contributed by atoms with Crippen LogP contribution in [0.5, 0.6) is 0 Å². The van der Waals surface area contributed by atoms with Gasteiger partial charge in [0.15, 0.2) is 0 Å². The minimum absolute atomic E-state index is 0.0219. The van der Waals surface area contributed by atoms with Gasteiger partial charge in [0.2, 0.25) is 5.91 Å². The number of alkyl halides is 6. The molecular weight excluding hydrogens is 590 g/mol. The van der Waals surface area contributed by atoms with Gasteiger partial charge in [0.25, 0.3) is 5.91 Å². The van der Waals surface area contributed by atoms with E-state index >= 15 is 0 Å². The summed E-state index contributed by atoms with van der Waals surface area (Å²) < 4.78 is 79.9. The van der Waals surface area contributed by atoms with Gasteiger partial charge in [0.05, 0.1) is 16.0 Å². The van der Waals surface area contributed by atoms with Crippen LogP contribution >= 0.6 is 35.3 Å². The molecule has 15 heteroatoms. The molecule has 1 aliphatic rings. The van der Waals surface area contributed by atoms with Gasteiger partial charge >= 0.3 is 18.3 Å². The Morgan fingerprint density at radius 1 is 1.08 bits per heavy atom. The van der Waals surface area contributed by atoms with Crippen molar-refractivity contribution in [3.05, 3.63) is 50.1 Å². The Morgan fingerprint density at radius 2 is 1.69 bits per heavy atom. The number of carboxylic acid groups (broad SMARTS) is 1. The molecule has 1 saturated heterocycles. The van der Waals surface area contributed by atoms with E-state index in [4.69, 9.17) is 17.3 Å². The number of hydrogen-bond acceptors (Lipinski definition) is 6. The number of carbonyl (C=O) groups is 3. The van der Waals surface area contributed by atoms with Crippen LogP contribution in [0.25, 0.3) is 17.2 Å². The van der Waals surface area contributed by atoms with Crippen LogP contribution < -0.4 is 5.32 Å². The quantitative estimate of drug-likeness (QED) is 0.149. The van der Waals surface area contributed by atoms with E-state index in [1.165, 1.54) is 23.3 Å². The van der Waals surface area contributed by atoms with Crippen LogP contribution in [-0.2, 0) is 26.7 Å². The number of amides is 2. The molecule has 1 aromatic carbocycles. The Hall–Kier alpha value is -2.91. The van der Waals surface area contributed by atoms with Gasteiger partial charge in [-0.3, -0.25) is 19.3 Å². The molecule has 0 radical (unpaired) electrons. The van der Waals surface area contributed by atoms with Gasteiger partial charge in [-0.25, -0.2) is 0 Å². The molecule has 2 N–H and O–H groups in total. The van der Waals surface area contributed by atoms with E-state index in [1.54, 1.807) is 0 Å². The van der Waals surface area contributed by atoms with Crippen molar-refractivity contribution in [2.75, 3.05) is 13.1 Å². The summed E-state index contributed by atoms with van der Waals surface area (Å²) in [6.07, 6.45) is -8.41. The number of rotatable bonds is 9. The lowest BCUT2D eigenvalue weighted by atomic mass is 9.98. The van der Waals surface area contributed by atoms with Gasteiger partial charge < -0.3 is 10.4 Å². The summed E-state index contributed by atoms with van der Waals surface area (Å²) in [4.78, 5) is 37.2. The number of carbonyl (C=O) groups excluding carboxylic acids is 2. The van der Waals surface area contributed by atoms with Gasteiger partial charge in [-0.1, -0.05) is 24.0 Å². The predicted molar refractivity (Wildman–Crippen MR) is 139 cm³/mol. The average Bonchev–Trinajstić information content (AvgIpc) is 3.32. The molecule has 3 rings (SSSR count). The Morgan fingerprint density at radius 3 is 2.26 bits per heavy atom. The minimum atomic E-state index is -4.98. The van der Waals surface area contributed by atoms with Crippen molar-refractivity contribution < 1.29 is 45.8 Å². The second-order valence-electron chi connectivity index (χ2n) is 8.36. The van der Waals surface area contributed by atoms with E-state index in [0.717, 1.165) is 23.1 Å². The van der Waals surface area contributed by atoms with Crippen LogP contribution in [0.1, 0.15) is 40.8 Å². The van der Waals surface area contributed by atoms with Gasteiger partial charge in [0.1, 0.15) is 4.32 Å². The number of thiophene rings is 1. The van der Waals surface area contributed by atoms with Crippen molar-refractivity contribution in [1.29, 1.82) is 0 Å². The van der Waals surface area contributed by atoms with Crippen LogP contribution in [0.3, 0.4) is 0 Å². The van der Waals surface area contributed by atoms with E-state index in [1.807, 2.05) is 0 Å². The number of aliphatic carboxylic acids is 1. The molecule has 2 amide bonds. The lowest BCUT2D eigenvalue weighted by Crippen LogP contribution is -2.33. The summed E-state index contributed by atoms with van der Waals surface area (Å²) in [5, 5.41) is 12.6. The number of thiocarbonyl (C=S) groups is 1. The zero-order chi connectivity index (χ0) is 29.1. The maximum absolute atomic E-state index is 13.3. The second kappa shape index (κ2) is 12.1. The first kappa shape index (κ1) is 30.6. The van der Waals surface area contributed by atoms with E-state index in [-0.39, 0.29) is 58.8 Å². The van der Waals surface area contributed by atoms with Crippen molar-refractivity contribution in [3.63, 3.8) is 0 Å². The molecule has 6 nitrogen and oxygen atoms in total. The topological polar surface area (TPSA) is 86.7 Å². The van der Waals surface area contributed by atoms with E-state index in [9.17, 15) is 40.7 Å². The third-order valence-corrected chi connectivity index (χ3v) is 7.97. The number of benzene rings is 1. The zero-order valence-corrected chi connectivity index (χ0v) is 22.5. The van der Waals surface area contributed by atoms with Crippen LogP contribution in [0.15, 0.2) is 28.5 Å². The molecule has 210 valence electrons. The largest absolute Gasteiger partial charge is 0.481 e. The Kier molecular flexibility index (Phi) is 9.49. The highest BCUT2D eigenvalue weighted by molar-refractivity contribution is 8.26. The van der Waals surface area contributed by atoms with E-state index in [2.05, 4.69) is 5.32 Å². The monoisotopic (exact) mass is 610 g/mol. The average molecular weight is 611 g/mol. The molecule has 1 fully saturated rings. The molecule has 2 aromatic rings. The van der Waals surface area contributed by atoms with Crippen molar-refractivity contribution in [2.24, 2.45) is 0 Å². The number of nitrogens with zero attached hydrogens (tertiary/aromatic N) is 1. The minimum Gasteiger partial charge on any atom is -0.481 e. The van der Waals surface area contributed by atoms with Crippen molar-refractivity contribution in [3.8, 4) is 11.1 Å². The van der Waals surface area contributed by atoms with Crippen LogP contribution in [0.2, 0.25) is 0 Å². The smallest absolute Gasteiger partial charge is 0.416 e. The zero-order valence-electron chi connectivity index (χ0n) is 20.0. The fourth-order valence-corrected chi connectivity index (χ4v) is 5.95. The first-order valence-electron chi connectivity index (χ1n) is 11.2. The third-order valence-electron chi connectivity index (χ3n) is 5.56. The molecule has 2 heterocycles. The summed E-state index contributed by atoms with van der Waals surface area (Å²) in [7, 11) is 0. The summed E-state index contributed by atoms with van der Waals surface area (Å²) in [6.45, 7) is 1.67. The molecule has 0 saturated carbocycles. The lowest BCUT2D eigenvalue weighted by molar-refractivity contribution is -0.143. The lowest BCUT2D eigenvalue weighted by Gasteiger charge is -2.14. The number of thioether (sulfide) groups is 1. The maximum atomic E-state index is 13.3. The molecule has 0 bridgehead atoms. The van der Waals surface area contributed by atoms with Gasteiger partial charge in [0, 0.05) is 30.8 Å². The summed E-state index contributed by atoms with van der Waals surface area (Å²) in [6, 6.07) is 1.37. The summed E-state index contributed by atoms with van der Waals surface area (Å²) in [5.41, 5.74) is -2.55. The molecule has 0 unspecified atom stereocenters. The number of nitrogens with one attached hydrogen (secondary N) is 1. The normalized spacial score (nSPS) is 15.4. The van der Waals surface area contributed by atoms with Gasteiger partial charge in [-0.05, 0) is 59.7 Å². The third kappa shape index (κ3) is 7.82. The molecule has 0 spiro atoms. The van der Waals surface area contributed by atoms with Crippen LogP contribution in [0, 0.1) is 6.92 Å². The standard InChI is InChI=1S/C24H20F6N2O4S3/c1-12-16(13-7-14(23(25,26)27)9-15(8-13)24(28,29)30)11-38-17(12)10-18-21(36)32(22(37)39-18)6-4-19(33)31-5-2-3-20(34)35/h7-11H,2-6H2,1H3,(H,31,33)(H,34,35)/b18-10-. The van der Waals surface area contributed by atoms with Crippen molar-refractivity contribution in [1.82, 2.24) is 10.2 Å². The second-order valence-corrected chi connectivity index (χ2v) is 11.0. The predicted octanol–water partition coefficient (Wildman–Crippen LogP) is 6.33. The summed E-state index contributed by atoms with van der Waals surface area (Å²) >= 11 is 7.24. The highest BCUT2D eigenvalue weighted by atomic mass is 32.2. The van der Waals surface area contributed by atoms with E-state index in [0.29, 0.717) is 22.6 Å².